The highest BCUT2D eigenvalue weighted by molar-refractivity contribution is 7.92. The fourth-order valence-corrected chi connectivity index (χ4v) is 5.63. The largest absolute Gasteiger partial charge is 0.330 e. The Hall–Kier alpha value is -0.920. The molecule has 118 valence electrons. The Kier molecular flexibility index (Phi) is 4.75. The molecule has 0 radical (unpaired) electrons. The highest BCUT2D eigenvalue weighted by Crippen LogP contribution is 2.32. The van der Waals surface area contributed by atoms with Crippen molar-refractivity contribution in [2.24, 2.45) is 11.7 Å². The summed E-state index contributed by atoms with van der Waals surface area (Å²) in [4.78, 5) is 0.306. The molecule has 2 rings (SSSR count). The van der Waals surface area contributed by atoms with Gasteiger partial charge in [0.1, 0.15) is 0 Å². The zero-order valence-electron chi connectivity index (χ0n) is 12.0. The van der Waals surface area contributed by atoms with Crippen LogP contribution in [-0.2, 0) is 19.7 Å². The fourth-order valence-electron chi connectivity index (χ4n) is 2.90. The Labute approximate surface area is 126 Å². The van der Waals surface area contributed by atoms with Gasteiger partial charge in [-0.05, 0) is 49.6 Å². The molecule has 0 aliphatic heterocycles. The van der Waals surface area contributed by atoms with Gasteiger partial charge in [-0.3, -0.25) is 0 Å². The summed E-state index contributed by atoms with van der Waals surface area (Å²) in [6, 6.07) is 5.47. The standard InChI is InChI=1S/C14H21NO4S2/c1-20(16,17)12-6-8-13(9-7-12)21(18,19)14-5-3-2-4-11(14)10-15/h6-9,11,14H,2-5,10,15H2,1H3. The summed E-state index contributed by atoms with van der Waals surface area (Å²) in [6.07, 6.45) is 4.46. The topological polar surface area (TPSA) is 94.3 Å². The van der Waals surface area contributed by atoms with Gasteiger partial charge in [-0.15, -0.1) is 0 Å². The van der Waals surface area contributed by atoms with Crippen molar-refractivity contribution in [3.63, 3.8) is 0 Å². The Bertz CT molecular complexity index is 693. The van der Waals surface area contributed by atoms with Gasteiger partial charge in [-0.1, -0.05) is 12.8 Å². The van der Waals surface area contributed by atoms with E-state index in [0.717, 1.165) is 25.5 Å². The first-order chi connectivity index (χ1) is 9.76. The molecular formula is C14H21NO4S2. The number of nitrogens with two attached hydrogens (primary N) is 1. The summed E-state index contributed by atoms with van der Waals surface area (Å²) in [5.74, 6) is -0.0154. The lowest BCUT2D eigenvalue weighted by molar-refractivity contribution is 0.363. The maximum absolute atomic E-state index is 12.7. The number of hydrogen-bond donors (Lipinski definition) is 1. The maximum Gasteiger partial charge on any atom is 0.181 e. The van der Waals surface area contributed by atoms with Gasteiger partial charge < -0.3 is 5.73 Å². The van der Waals surface area contributed by atoms with Crippen molar-refractivity contribution in [2.75, 3.05) is 12.8 Å². The first-order valence-corrected chi connectivity index (χ1v) is 10.4. The van der Waals surface area contributed by atoms with Crippen LogP contribution in [0.15, 0.2) is 34.1 Å². The summed E-state index contributed by atoms with van der Waals surface area (Å²) in [5.41, 5.74) is 5.71. The SMILES string of the molecule is CS(=O)(=O)c1ccc(S(=O)(=O)C2CCCCC2CN)cc1. The van der Waals surface area contributed by atoms with Gasteiger partial charge in [-0.2, -0.15) is 0 Å². The Morgan fingerprint density at radius 2 is 1.52 bits per heavy atom. The van der Waals surface area contributed by atoms with Crippen molar-refractivity contribution in [2.45, 2.75) is 40.7 Å². The minimum absolute atomic E-state index is 0.0154. The van der Waals surface area contributed by atoms with Crippen molar-refractivity contribution >= 4 is 19.7 Å². The molecule has 1 fully saturated rings. The summed E-state index contributed by atoms with van der Waals surface area (Å²) >= 11 is 0. The van der Waals surface area contributed by atoms with Crippen LogP contribution in [0.25, 0.3) is 0 Å². The van der Waals surface area contributed by atoms with Crippen LogP contribution in [-0.4, -0.2) is 34.9 Å². The second-order valence-corrected chi connectivity index (χ2v) is 9.79. The van der Waals surface area contributed by atoms with Crippen molar-refractivity contribution in [3.8, 4) is 0 Å². The molecule has 1 aromatic carbocycles. The van der Waals surface area contributed by atoms with E-state index in [1.165, 1.54) is 24.3 Å². The van der Waals surface area contributed by atoms with Crippen LogP contribution in [0.4, 0.5) is 0 Å². The Balaban J connectivity index is 2.35. The van der Waals surface area contributed by atoms with Gasteiger partial charge in [0.2, 0.25) is 0 Å². The monoisotopic (exact) mass is 331 g/mol. The third-order valence-corrected chi connectivity index (χ3v) is 7.60. The Morgan fingerprint density at radius 3 is 2.05 bits per heavy atom. The lowest BCUT2D eigenvalue weighted by Gasteiger charge is -2.30. The predicted octanol–water partition coefficient (Wildman–Crippen LogP) is 1.38. The van der Waals surface area contributed by atoms with E-state index >= 15 is 0 Å². The van der Waals surface area contributed by atoms with Crippen molar-refractivity contribution < 1.29 is 16.8 Å². The molecule has 0 saturated heterocycles. The average Bonchev–Trinajstić information content (AvgIpc) is 2.46. The number of rotatable bonds is 4. The second-order valence-electron chi connectivity index (χ2n) is 5.61. The molecule has 0 amide bonds. The molecule has 7 heteroatoms. The van der Waals surface area contributed by atoms with E-state index in [-0.39, 0.29) is 15.7 Å². The van der Waals surface area contributed by atoms with Gasteiger partial charge >= 0.3 is 0 Å². The second kappa shape index (κ2) is 6.06. The van der Waals surface area contributed by atoms with Gasteiger partial charge in [0, 0.05) is 6.26 Å². The first kappa shape index (κ1) is 16.5. The molecule has 21 heavy (non-hydrogen) atoms. The molecule has 0 bridgehead atoms. The highest BCUT2D eigenvalue weighted by atomic mass is 32.2. The van der Waals surface area contributed by atoms with Crippen LogP contribution in [0.5, 0.6) is 0 Å². The van der Waals surface area contributed by atoms with Crippen LogP contribution >= 0.6 is 0 Å². The molecule has 1 aliphatic carbocycles. The van der Waals surface area contributed by atoms with Crippen molar-refractivity contribution in [1.29, 1.82) is 0 Å². The summed E-state index contributed by atoms with van der Waals surface area (Å²) in [6.45, 7) is 0.366. The smallest absolute Gasteiger partial charge is 0.181 e. The van der Waals surface area contributed by atoms with Gasteiger partial charge in [-0.25, -0.2) is 16.8 Å². The number of sulfone groups is 2. The van der Waals surface area contributed by atoms with Gasteiger partial charge in [0.05, 0.1) is 15.0 Å². The fraction of sp³-hybridized carbons (Fsp3) is 0.571. The van der Waals surface area contributed by atoms with Crippen LogP contribution in [0.3, 0.4) is 0 Å². The number of hydrogen-bond acceptors (Lipinski definition) is 5. The summed E-state index contributed by atoms with van der Waals surface area (Å²) in [7, 11) is -6.78. The normalized spacial score (nSPS) is 23.9. The minimum Gasteiger partial charge on any atom is -0.330 e. The molecule has 1 saturated carbocycles. The highest BCUT2D eigenvalue weighted by Gasteiger charge is 2.35. The van der Waals surface area contributed by atoms with Crippen LogP contribution in [0.1, 0.15) is 25.7 Å². The molecule has 5 nitrogen and oxygen atoms in total. The van der Waals surface area contributed by atoms with E-state index in [0.29, 0.717) is 13.0 Å². The lowest BCUT2D eigenvalue weighted by atomic mass is 9.89. The molecule has 0 aromatic heterocycles. The molecular weight excluding hydrogens is 310 g/mol. The van der Waals surface area contributed by atoms with E-state index in [1.54, 1.807) is 0 Å². The van der Waals surface area contributed by atoms with E-state index in [1.807, 2.05) is 0 Å². The minimum atomic E-state index is -3.46. The third kappa shape index (κ3) is 3.46. The van der Waals surface area contributed by atoms with Crippen LogP contribution in [0, 0.1) is 5.92 Å². The van der Waals surface area contributed by atoms with Gasteiger partial charge in [0.25, 0.3) is 0 Å². The quantitative estimate of drug-likeness (QED) is 0.899. The molecule has 1 aliphatic rings. The molecule has 1 aromatic rings. The Morgan fingerprint density at radius 1 is 1.00 bits per heavy atom. The lowest BCUT2D eigenvalue weighted by Crippen LogP contribution is -2.37. The van der Waals surface area contributed by atoms with E-state index in [2.05, 4.69) is 0 Å². The summed E-state index contributed by atoms with van der Waals surface area (Å²) < 4.78 is 48.3. The third-order valence-electron chi connectivity index (χ3n) is 4.12. The molecule has 2 N–H and O–H groups in total. The average molecular weight is 331 g/mol. The number of benzene rings is 1. The van der Waals surface area contributed by atoms with Crippen LogP contribution < -0.4 is 5.73 Å². The van der Waals surface area contributed by atoms with E-state index in [9.17, 15) is 16.8 Å². The molecule has 2 atom stereocenters. The zero-order chi connectivity index (χ0) is 15.7. The van der Waals surface area contributed by atoms with Crippen molar-refractivity contribution in [3.05, 3.63) is 24.3 Å². The summed E-state index contributed by atoms with van der Waals surface area (Å²) in [5, 5.41) is -0.458. The maximum atomic E-state index is 12.7. The van der Waals surface area contributed by atoms with E-state index in [4.69, 9.17) is 5.73 Å². The molecule has 0 spiro atoms. The first-order valence-electron chi connectivity index (χ1n) is 7.01. The van der Waals surface area contributed by atoms with Crippen molar-refractivity contribution in [1.82, 2.24) is 0 Å². The van der Waals surface area contributed by atoms with Crippen LogP contribution in [0.2, 0.25) is 0 Å². The zero-order valence-corrected chi connectivity index (χ0v) is 13.7. The van der Waals surface area contributed by atoms with Gasteiger partial charge in [0.15, 0.2) is 19.7 Å². The molecule has 2 unspecified atom stereocenters. The predicted molar refractivity (Wildman–Crippen MR) is 81.5 cm³/mol. The molecule has 0 heterocycles. The van der Waals surface area contributed by atoms with E-state index < -0.39 is 24.9 Å².